The normalized spacial score (nSPS) is 11.2. The monoisotopic (exact) mass is 403 g/mol. The van der Waals surface area contributed by atoms with E-state index in [1.165, 1.54) is 44.5 Å². The summed E-state index contributed by atoms with van der Waals surface area (Å²) in [6.07, 6.45) is 5.44. The van der Waals surface area contributed by atoms with Gasteiger partial charge in [-0.25, -0.2) is 0 Å². The first-order valence-electron chi connectivity index (χ1n) is 8.92. The van der Waals surface area contributed by atoms with Crippen LogP contribution in [-0.2, 0) is 6.42 Å². The van der Waals surface area contributed by atoms with Gasteiger partial charge in [0.05, 0.1) is 0 Å². The van der Waals surface area contributed by atoms with Gasteiger partial charge in [-0.05, 0) is 73.7 Å². The average molecular weight is 404 g/mol. The van der Waals surface area contributed by atoms with Gasteiger partial charge in [0.1, 0.15) is 0 Å². The summed E-state index contributed by atoms with van der Waals surface area (Å²) in [7, 11) is 0. The van der Waals surface area contributed by atoms with Gasteiger partial charge < -0.3 is 4.40 Å². The lowest BCUT2D eigenvalue weighted by Crippen LogP contribution is -1.96. The lowest BCUT2D eigenvalue weighted by atomic mass is 9.98. The molecule has 2 heterocycles. The standard InChI is InChI=1S/C24H22BrN/c1-16-8-17(2)10-19(9-16)11-21-12-24-13-22(15-26(24)14-18(21)3)20-4-6-23(25)7-5-20/h4-10,12-15H,11H2,1-3H3. The third-order valence-corrected chi connectivity index (χ3v) is 5.42. The molecule has 2 aromatic carbocycles. The smallest absolute Gasteiger partial charge is 0.0459 e. The van der Waals surface area contributed by atoms with Crippen LogP contribution in [0.5, 0.6) is 0 Å². The fourth-order valence-corrected chi connectivity index (χ4v) is 3.95. The molecule has 0 N–H and O–H groups in total. The molecule has 0 aliphatic heterocycles. The number of fused-ring (bicyclic) bond motifs is 1. The number of pyridine rings is 1. The SMILES string of the molecule is Cc1cc(C)cc(Cc2cc3cc(-c4ccc(Br)cc4)cn3cc2C)c1. The number of rotatable bonds is 3. The molecular weight excluding hydrogens is 382 g/mol. The Morgan fingerprint density at radius 2 is 1.46 bits per heavy atom. The van der Waals surface area contributed by atoms with Gasteiger partial charge in [0.15, 0.2) is 0 Å². The summed E-state index contributed by atoms with van der Waals surface area (Å²) in [5, 5.41) is 0. The predicted molar refractivity (Wildman–Crippen MR) is 114 cm³/mol. The van der Waals surface area contributed by atoms with Crippen LogP contribution < -0.4 is 0 Å². The van der Waals surface area contributed by atoms with Crippen LogP contribution in [0.4, 0.5) is 0 Å². The highest BCUT2D eigenvalue weighted by Gasteiger charge is 2.07. The Morgan fingerprint density at radius 3 is 2.15 bits per heavy atom. The molecule has 0 saturated carbocycles. The van der Waals surface area contributed by atoms with E-state index < -0.39 is 0 Å². The van der Waals surface area contributed by atoms with Crippen LogP contribution >= 0.6 is 15.9 Å². The third kappa shape index (κ3) is 3.47. The summed E-state index contributed by atoms with van der Waals surface area (Å²) in [5.41, 5.74) is 10.5. The zero-order valence-electron chi connectivity index (χ0n) is 15.4. The number of nitrogens with zero attached hydrogens (tertiary/aromatic N) is 1. The second-order valence-corrected chi connectivity index (χ2v) is 8.14. The van der Waals surface area contributed by atoms with Gasteiger partial charge >= 0.3 is 0 Å². The predicted octanol–water partition coefficient (Wildman–Crippen LogP) is 6.88. The molecule has 0 aliphatic carbocycles. The van der Waals surface area contributed by atoms with Crippen molar-refractivity contribution in [1.82, 2.24) is 4.40 Å². The van der Waals surface area contributed by atoms with Crippen LogP contribution in [0.3, 0.4) is 0 Å². The van der Waals surface area contributed by atoms with Crippen molar-refractivity contribution in [2.75, 3.05) is 0 Å². The van der Waals surface area contributed by atoms with E-state index in [4.69, 9.17) is 0 Å². The Labute approximate surface area is 163 Å². The molecule has 0 aliphatic rings. The molecule has 130 valence electrons. The molecule has 4 rings (SSSR count). The van der Waals surface area contributed by atoms with Gasteiger partial charge in [-0.15, -0.1) is 0 Å². The molecule has 0 atom stereocenters. The summed E-state index contributed by atoms with van der Waals surface area (Å²) >= 11 is 3.51. The lowest BCUT2D eigenvalue weighted by Gasteiger charge is -2.09. The van der Waals surface area contributed by atoms with E-state index in [0.29, 0.717) is 0 Å². The number of benzene rings is 2. The summed E-state index contributed by atoms with van der Waals surface area (Å²) in [4.78, 5) is 0. The number of halogens is 1. The van der Waals surface area contributed by atoms with Crippen molar-refractivity contribution in [3.05, 3.63) is 99.3 Å². The zero-order chi connectivity index (χ0) is 18.3. The summed E-state index contributed by atoms with van der Waals surface area (Å²) in [5.74, 6) is 0. The van der Waals surface area contributed by atoms with Crippen LogP contribution in [0.25, 0.3) is 16.6 Å². The minimum Gasteiger partial charge on any atom is -0.323 e. The molecule has 0 spiro atoms. The minimum atomic E-state index is 0.976. The van der Waals surface area contributed by atoms with Crippen LogP contribution in [-0.4, -0.2) is 4.40 Å². The first-order valence-corrected chi connectivity index (χ1v) is 9.71. The Morgan fingerprint density at radius 1 is 0.769 bits per heavy atom. The number of hydrogen-bond acceptors (Lipinski definition) is 0. The Kier molecular flexibility index (Phi) is 4.46. The maximum atomic E-state index is 3.51. The molecule has 2 heteroatoms. The molecule has 4 aromatic rings. The number of aryl methyl sites for hydroxylation is 3. The van der Waals surface area contributed by atoms with E-state index in [-0.39, 0.29) is 0 Å². The van der Waals surface area contributed by atoms with Crippen molar-refractivity contribution in [1.29, 1.82) is 0 Å². The van der Waals surface area contributed by atoms with Gasteiger partial charge in [-0.1, -0.05) is 57.4 Å². The Bertz CT molecular complexity index is 1070. The fraction of sp³-hybridized carbons (Fsp3) is 0.167. The second kappa shape index (κ2) is 6.77. The quantitative estimate of drug-likeness (QED) is 0.350. The second-order valence-electron chi connectivity index (χ2n) is 7.22. The first-order chi connectivity index (χ1) is 12.5. The van der Waals surface area contributed by atoms with E-state index >= 15 is 0 Å². The Balaban J connectivity index is 1.72. The van der Waals surface area contributed by atoms with E-state index in [9.17, 15) is 0 Å². The first kappa shape index (κ1) is 17.1. The van der Waals surface area contributed by atoms with Gasteiger partial charge in [-0.2, -0.15) is 0 Å². The fourth-order valence-electron chi connectivity index (χ4n) is 3.69. The molecule has 1 nitrogen and oxygen atoms in total. The van der Waals surface area contributed by atoms with Crippen molar-refractivity contribution in [3.63, 3.8) is 0 Å². The van der Waals surface area contributed by atoms with E-state index in [1.807, 2.05) is 0 Å². The van der Waals surface area contributed by atoms with Crippen molar-refractivity contribution < 1.29 is 0 Å². The lowest BCUT2D eigenvalue weighted by molar-refractivity contribution is 1.09. The highest BCUT2D eigenvalue weighted by molar-refractivity contribution is 9.10. The third-order valence-electron chi connectivity index (χ3n) is 4.89. The molecule has 0 unspecified atom stereocenters. The zero-order valence-corrected chi connectivity index (χ0v) is 17.0. The van der Waals surface area contributed by atoms with Crippen molar-refractivity contribution in [3.8, 4) is 11.1 Å². The van der Waals surface area contributed by atoms with Crippen molar-refractivity contribution in [2.24, 2.45) is 0 Å². The molecule has 0 bridgehead atoms. The van der Waals surface area contributed by atoms with Gasteiger partial charge in [0, 0.05) is 27.9 Å². The highest BCUT2D eigenvalue weighted by atomic mass is 79.9. The van der Waals surface area contributed by atoms with Crippen molar-refractivity contribution in [2.45, 2.75) is 27.2 Å². The van der Waals surface area contributed by atoms with Gasteiger partial charge in [0.2, 0.25) is 0 Å². The molecular formula is C24H22BrN. The molecule has 2 aromatic heterocycles. The van der Waals surface area contributed by atoms with Crippen LogP contribution in [0.1, 0.15) is 27.8 Å². The summed E-state index contributed by atoms with van der Waals surface area (Å²) in [6.45, 7) is 6.55. The highest BCUT2D eigenvalue weighted by Crippen LogP contribution is 2.26. The minimum absolute atomic E-state index is 0.976. The number of aromatic nitrogens is 1. The maximum absolute atomic E-state index is 3.51. The topological polar surface area (TPSA) is 4.41 Å². The average Bonchev–Trinajstić information content (AvgIpc) is 2.97. The van der Waals surface area contributed by atoms with Gasteiger partial charge in [-0.3, -0.25) is 0 Å². The Hall–Kier alpha value is -2.32. The number of hydrogen-bond donors (Lipinski definition) is 0. The van der Waals surface area contributed by atoms with Gasteiger partial charge in [0.25, 0.3) is 0 Å². The van der Waals surface area contributed by atoms with E-state index in [0.717, 1.165) is 10.9 Å². The van der Waals surface area contributed by atoms with Crippen LogP contribution in [0, 0.1) is 20.8 Å². The van der Waals surface area contributed by atoms with E-state index in [1.54, 1.807) is 0 Å². The summed E-state index contributed by atoms with van der Waals surface area (Å²) in [6, 6.07) is 19.9. The van der Waals surface area contributed by atoms with Crippen LogP contribution in [0.15, 0.2) is 71.5 Å². The maximum Gasteiger partial charge on any atom is 0.0459 e. The molecule has 0 fully saturated rings. The van der Waals surface area contributed by atoms with Crippen molar-refractivity contribution >= 4 is 21.4 Å². The largest absolute Gasteiger partial charge is 0.323 e. The summed E-state index contributed by atoms with van der Waals surface area (Å²) < 4.78 is 3.34. The molecule has 0 radical (unpaired) electrons. The molecule has 26 heavy (non-hydrogen) atoms. The molecule has 0 amide bonds. The van der Waals surface area contributed by atoms with E-state index in [2.05, 4.69) is 108 Å². The van der Waals surface area contributed by atoms with Crippen LogP contribution in [0.2, 0.25) is 0 Å². The molecule has 0 saturated heterocycles.